The summed E-state index contributed by atoms with van der Waals surface area (Å²) in [6.45, 7) is 2.05. The summed E-state index contributed by atoms with van der Waals surface area (Å²) in [5.41, 5.74) is 1.03. The quantitative estimate of drug-likeness (QED) is 0.772. The van der Waals surface area contributed by atoms with Crippen LogP contribution >= 0.6 is 43.2 Å². The maximum atomic E-state index is 12.4. The van der Waals surface area contributed by atoms with Gasteiger partial charge in [0.05, 0.1) is 11.5 Å². The molecule has 1 aliphatic rings. The fourth-order valence-electron chi connectivity index (χ4n) is 2.25. The molecule has 1 aliphatic carbocycles. The molecular formula is C13H17Br2NOS. The minimum Gasteiger partial charge on any atom is -0.349 e. The number of hydrogen-bond acceptors (Lipinski definition) is 2. The number of fused-ring (bicyclic) bond motifs is 1. The second-order valence-corrected chi connectivity index (χ2v) is 7.18. The fourth-order valence-corrected chi connectivity index (χ4v) is 4.44. The fraction of sp³-hybridized carbons (Fsp3) is 0.615. The van der Waals surface area contributed by atoms with Crippen LogP contribution in [0, 0.1) is 0 Å². The topological polar surface area (TPSA) is 29.1 Å². The van der Waals surface area contributed by atoms with Gasteiger partial charge >= 0.3 is 0 Å². The number of hydrogen-bond donors (Lipinski definition) is 1. The number of alkyl halides is 2. The van der Waals surface area contributed by atoms with Gasteiger partial charge in [-0.25, -0.2) is 0 Å². The van der Waals surface area contributed by atoms with Crippen molar-refractivity contribution < 1.29 is 4.79 Å². The van der Waals surface area contributed by atoms with Gasteiger partial charge in [-0.15, -0.1) is 11.3 Å². The molecule has 0 spiro atoms. The highest BCUT2D eigenvalue weighted by Gasteiger charge is 2.31. The molecule has 1 heterocycles. The van der Waals surface area contributed by atoms with Gasteiger partial charge in [-0.3, -0.25) is 4.79 Å². The lowest BCUT2D eigenvalue weighted by atomic mass is 9.86. The molecule has 1 atom stereocenters. The molecule has 1 amide bonds. The molecule has 1 N–H and O–H groups in total. The number of nitrogens with one attached hydrogen (secondary N) is 1. The number of thiophene rings is 1. The third-order valence-corrected chi connectivity index (χ3v) is 6.85. The number of carbonyl (C=O) groups is 1. The van der Waals surface area contributed by atoms with Gasteiger partial charge in [-0.05, 0) is 43.2 Å². The van der Waals surface area contributed by atoms with E-state index in [4.69, 9.17) is 0 Å². The SMILES string of the molecule is CC(CBr)(CBr)NC(=O)C1CCCc2sccc21. The number of aryl methyl sites for hydroxylation is 1. The summed E-state index contributed by atoms with van der Waals surface area (Å²) in [7, 11) is 0. The van der Waals surface area contributed by atoms with E-state index in [1.165, 1.54) is 10.4 Å². The number of halogens is 2. The first-order chi connectivity index (χ1) is 8.59. The smallest absolute Gasteiger partial charge is 0.228 e. The number of carbonyl (C=O) groups excluding carboxylic acids is 1. The van der Waals surface area contributed by atoms with Crippen molar-refractivity contribution in [3.63, 3.8) is 0 Å². The van der Waals surface area contributed by atoms with E-state index < -0.39 is 0 Å². The van der Waals surface area contributed by atoms with Gasteiger partial charge in [0, 0.05) is 15.5 Å². The van der Waals surface area contributed by atoms with Crippen molar-refractivity contribution in [1.29, 1.82) is 0 Å². The van der Waals surface area contributed by atoms with E-state index in [0.717, 1.165) is 29.9 Å². The van der Waals surface area contributed by atoms with Gasteiger partial charge in [0.15, 0.2) is 0 Å². The summed E-state index contributed by atoms with van der Waals surface area (Å²) >= 11 is 8.71. The predicted molar refractivity (Wildman–Crippen MR) is 84.1 cm³/mol. The van der Waals surface area contributed by atoms with Crippen molar-refractivity contribution in [3.05, 3.63) is 21.9 Å². The molecule has 0 radical (unpaired) electrons. The van der Waals surface area contributed by atoms with Crippen molar-refractivity contribution in [1.82, 2.24) is 5.32 Å². The van der Waals surface area contributed by atoms with Crippen LogP contribution in [0.2, 0.25) is 0 Å². The lowest BCUT2D eigenvalue weighted by molar-refractivity contribution is -0.124. The highest BCUT2D eigenvalue weighted by atomic mass is 79.9. The average Bonchev–Trinajstić information content (AvgIpc) is 2.86. The van der Waals surface area contributed by atoms with E-state index in [0.29, 0.717) is 0 Å². The van der Waals surface area contributed by atoms with Crippen LogP contribution in [0.4, 0.5) is 0 Å². The first-order valence-corrected chi connectivity index (χ1v) is 9.22. The zero-order chi connectivity index (χ0) is 13.2. The molecule has 2 rings (SSSR count). The maximum absolute atomic E-state index is 12.4. The summed E-state index contributed by atoms with van der Waals surface area (Å²) in [4.78, 5) is 13.8. The zero-order valence-corrected chi connectivity index (χ0v) is 14.3. The normalized spacial score (nSPS) is 19.4. The van der Waals surface area contributed by atoms with E-state index in [9.17, 15) is 4.79 Å². The Morgan fingerprint density at radius 3 is 2.94 bits per heavy atom. The molecule has 1 aromatic heterocycles. The Labute approximate surface area is 129 Å². The summed E-state index contributed by atoms with van der Waals surface area (Å²) in [6, 6.07) is 2.11. The van der Waals surface area contributed by atoms with Gasteiger partial charge in [0.1, 0.15) is 0 Å². The third-order valence-electron chi connectivity index (χ3n) is 3.38. The average molecular weight is 395 g/mol. The van der Waals surface area contributed by atoms with E-state index in [-0.39, 0.29) is 17.4 Å². The Hall–Kier alpha value is 0.130. The number of amides is 1. The molecule has 18 heavy (non-hydrogen) atoms. The Morgan fingerprint density at radius 2 is 2.28 bits per heavy atom. The van der Waals surface area contributed by atoms with E-state index in [1.54, 1.807) is 11.3 Å². The van der Waals surface area contributed by atoms with E-state index >= 15 is 0 Å². The summed E-state index contributed by atoms with van der Waals surface area (Å²) < 4.78 is 0. The van der Waals surface area contributed by atoms with E-state index in [1.807, 2.05) is 6.92 Å². The Morgan fingerprint density at radius 1 is 1.56 bits per heavy atom. The number of rotatable bonds is 4. The van der Waals surface area contributed by atoms with Gasteiger partial charge in [0.2, 0.25) is 5.91 Å². The first kappa shape index (κ1) is 14.5. The lowest BCUT2D eigenvalue weighted by Crippen LogP contribution is -2.50. The zero-order valence-electron chi connectivity index (χ0n) is 10.3. The van der Waals surface area contributed by atoms with Gasteiger partial charge < -0.3 is 5.32 Å². The molecule has 1 unspecified atom stereocenters. The monoisotopic (exact) mass is 393 g/mol. The van der Waals surface area contributed by atoms with Crippen LogP contribution in [0.1, 0.15) is 36.1 Å². The molecule has 2 nitrogen and oxygen atoms in total. The minimum absolute atomic E-state index is 0.0393. The predicted octanol–water partition coefficient (Wildman–Crippen LogP) is 3.83. The minimum atomic E-state index is -0.218. The summed E-state index contributed by atoms with van der Waals surface area (Å²) in [6.07, 6.45) is 3.21. The Kier molecular flexibility index (Phi) is 4.89. The second-order valence-electron chi connectivity index (χ2n) is 5.06. The van der Waals surface area contributed by atoms with Gasteiger partial charge in [-0.2, -0.15) is 0 Å². The standard InChI is InChI=1S/C13H17Br2NOS/c1-13(7-14,8-15)16-12(17)10-3-2-4-11-9(10)5-6-18-11/h5-6,10H,2-4,7-8H2,1H3,(H,16,17). The molecular weight excluding hydrogens is 378 g/mol. The summed E-state index contributed by atoms with van der Waals surface area (Å²) in [5, 5.41) is 6.77. The molecule has 0 aromatic carbocycles. The van der Waals surface area contributed by atoms with Crippen molar-refractivity contribution in [2.75, 3.05) is 10.7 Å². The van der Waals surface area contributed by atoms with Gasteiger partial charge in [0.25, 0.3) is 0 Å². The molecule has 0 bridgehead atoms. The van der Waals surface area contributed by atoms with Crippen LogP contribution in [-0.2, 0) is 11.2 Å². The van der Waals surface area contributed by atoms with Crippen molar-refractivity contribution in [2.45, 2.75) is 37.6 Å². The maximum Gasteiger partial charge on any atom is 0.228 e. The van der Waals surface area contributed by atoms with Crippen LogP contribution < -0.4 is 5.32 Å². The molecule has 100 valence electrons. The highest BCUT2D eigenvalue weighted by Crippen LogP contribution is 2.35. The molecule has 0 saturated carbocycles. The van der Waals surface area contributed by atoms with Crippen LogP contribution in [0.5, 0.6) is 0 Å². The van der Waals surface area contributed by atoms with Gasteiger partial charge in [-0.1, -0.05) is 31.9 Å². The molecule has 5 heteroatoms. The summed E-state index contributed by atoms with van der Waals surface area (Å²) in [5.74, 6) is 0.202. The Balaban J connectivity index is 2.12. The lowest BCUT2D eigenvalue weighted by Gasteiger charge is -2.30. The Bertz CT molecular complexity index is 428. The van der Waals surface area contributed by atoms with Crippen LogP contribution in [0.25, 0.3) is 0 Å². The van der Waals surface area contributed by atoms with Crippen molar-refractivity contribution >= 4 is 49.1 Å². The molecule has 0 saturated heterocycles. The van der Waals surface area contributed by atoms with Crippen molar-refractivity contribution in [2.24, 2.45) is 0 Å². The largest absolute Gasteiger partial charge is 0.349 e. The molecule has 1 aromatic rings. The second kappa shape index (κ2) is 6.06. The molecule has 0 aliphatic heterocycles. The van der Waals surface area contributed by atoms with Crippen LogP contribution in [-0.4, -0.2) is 22.1 Å². The molecule has 0 fully saturated rings. The van der Waals surface area contributed by atoms with Crippen LogP contribution in [0.15, 0.2) is 11.4 Å². The van der Waals surface area contributed by atoms with Crippen LogP contribution in [0.3, 0.4) is 0 Å². The highest BCUT2D eigenvalue weighted by molar-refractivity contribution is 9.09. The van der Waals surface area contributed by atoms with Crippen molar-refractivity contribution in [3.8, 4) is 0 Å². The first-order valence-electron chi connectivity index (χ1n) is 6.10. The third kappa shape index (κ3) is 2.99. The van der Waals surface area contributed by atoms with E-state index in [2.05, 4.69) is 48.6 Å².